The predicted octanol–water partition coefficient (Wildman–Crippen LogP) is 2.06. The van der Waals surface area contributed by atoms with Gasteiger partial charge in [0.15, 0.2) is 0 Å². The average molecular weight is 565 g/mol. The maximum absolute atomic E-state index is 8.35. The summed E-state index contributed by atoms with van der Waals surface area (Å²) >= 11 is 2.36. The zero-order valence-corrected chi connectivity index (χ0v) is 21.0. The summed E-state index contributed by atoms with van der Waals surface area (Å²) in [5, 5.41) is 8.35. The van der Waals surface area contributed by atoms with Crippen LogP contribution in [0.15, 0.2) is 0 Å². The molecule has 0 saturated heterocycles. The molecule has 1 unspecified atom stereocenters. The Balaban J connectivity index is 2.98. The van der Waals surface area contributed by atoms with Crippen molar-refractivity contribution in [1.82, 2.24) is 0 Å². The van der Waals surface area contributed by atoms with Crippen LogP contribution in [0.3, 0.4) is 0 Å². The Hall–Kier alpha value is 0.330. The highest BCUT2D eigenvalue weighted by atomic mass is 127. The Bertz CT molecular complexity index is 366. The second-order valence-electron chi connectivity index (χ2n) is 5.69. The molecule has 0 spiro atoms. The molecule has 0 bridgehead atoms. The average Bonchev–Trinajstić information content (AvgIpc) is 2.76. The van der Waals surface area contributed by atoms with E-state index in [2.05, 4.69) is 22.0 Å². The molecule has 0 amide bonds. The van der Waals surface area contributed by atoms with Gasteiger partial charge in [0.2, 0.25) is 0 Å². The van der Waals surface area contributed by atoms with Crippen molar-refractivity contribution in [3.8, 4) is 6.07 Å². The lowest BCUT2D eigenvalue weighted by molar-refractivity contribution is -0.0227. The first-order valence-electron chi connectivity index (χ1n) is 10.2. The third-order valence-corrected chi connectivity index (χ3v) is 5.31. The first kappa shape index (κ1) is 30.3. The van der Waals surface area contributed by atoms with E-state index < -0.39 is 0 Å². The van der Waals surface area contributed by atoms with Gasteiger partial charge in [-0.3, -0.25) is 0 Å². The van der Waals surface area contributed by atoms with E-state index in [4.69, 9.17) is 43.2 Å². The van der Waals surface area contributed by atoms with E-state index in [1.54, 1.807) is 0 Å². The first-order valence-corrected chi connectivity index (χ1v) is 14.6. The molecule has 0 N–H and O–H groups in total. The largest absolute Gasteiger partial charge is 0.379 e. The summed E-state index contributed by atoms with van der Waals surface area (Å²) in [6.07, 6.45) is 2.44. The van der Waals surface area contributed by atoms with Crippen molar-refractivity contribution in [2.24, 2.45) is 0 Å². The second-order valence-corrected chi connectivity index (χ2v) is 8.75. The van der Waals surface area contributed by atoms with E-state index in [1.165, 1.54) is 0 Å². The van der Waals surface area contributed by atoms with Gasteiger partial charge < -0.3 is 37.9 Å². The molecular weight excluding hydrogens is 528 g/mol. The molecule has 178 valence electrons. The summed E-state index contributed by atoms with van der Waals surface area (Å²) in [5.74, 6) is 0. The molecule has 0 rings (SSSR count). The highest BCUT2D eigenvalue weighted by molar-refractivity contribution is 14.2. The maximum atomic E-state index is 8.35. The van der Waals surface area contributed by atoms with Crippen LogP contribution < -0.4 is 0 Å². The van der Waals surface area contributed by atoms with Gasteiger partial charge in [-0.15, -0.1) is 0 Å². The van der Waals surface area contributed by atoms with Gasteiger partial charge in [-0.2, -0.15) is 5.26 Å². The molecule has 0 saturated carbocycles. The van der Waals surface area contributed by atoms with Gasteiger partial charge in [0.05, 0.1) is 118 Å². The number of nitrogens with zero attached hydrogens (tertiary/aromatic N) is 1. The summed E-state index contributed by atoms with van der Waals surface area (Å²) < 4.78 is 43.0. The van der Waals surface area contributed by atoms with Crippen molar-refractivity contribution < 1.29 is 37.9 Å². The fourth-order valence-electron chi connectivity index (χ4n) is 1.87. The third-order valence-electron chi connectivity index (χ3n) is 3.30. The number of rotatable bonds is 26. The molecule has 0 aromatic rings. The molecule has 0 aliphatic rings. The Morgan fingerprint density at radius 1 is 0.467 bits per heavy atom. The van der Waals surface area contributed by atoms with E-state index in [9.17, 15) is 0 Å². The molecule has 0 radical (unpaired) electrons. The van der Waals surface area contributed by atoms with Gasteiger partial charge in [-0.1, -0.05) is 28.3 Å². The Kier molecular flexibility index (Phi) is 29.7. The van der Waals surface area contributed by atoms with Crippen LogP contribution in [0, 0.1) is 11.3 Å². The molecule has 0 aromatic heterocycles. The highest BCUT2D eigenvalue weighted by Crippen LogP contribution is 2.18. The molecule has 0 aromatic carbocycles. The lowest BCUT2D eigenvalue weighted by atomic mass is 10.5. The summed E-state index contributed by atoms with van der Waals surface area (Å²) in [5.41, 5.74) is 0. The van der Waals surface area contributed by atoms with Crippen LogP contribution in [0.5, 0.6) is 0 Å². The van der Waals surface area contributed by atoms with Crippen LogP contribution in [0.4, 0.5) is 0 Å². The predicted molar refractivity (Wildman–Crippen MR) is 124 cm³/mol. The lowest BCUT2D eigenvalue weighted by Gasteiger charge is -2.08. The molecular formula is C19H37INO8P. The van der Waals surface area contributed by atoms with Gasteiger partial charge in [0.1, 0.15) is 0 Å². The van der Waals surface area contributed by atoms with Crippen molar-refractivity contribution in [3.05, 3.63) is 0 Å². The fourth-order valence-corrected chi connectivity index (χ4v) is 2.75. The smallest absolute Gasteiger partial charge is 0.0701 e. The van der Waals surface area contributed by atoms with Gasteiger partial charge in [0.25, 0.3) is 0 Å². The van der Waals surface area contributed by atoms with Crippen molar-refractivity contribution in [2.75, 3.05) is 112 Å². The number of nitriles is 1. The summed E-state index contributed by atoms with van der Waals surface area (Å²) in [4.78, 5) is 0. The zero-order valence-electron chi connectivity index (χ0n) is 17.8. The minimum absolute atomic E-state index is 0.410. The second kappa shape index (κ2) is 29.3. The molecule has 30 heavy (non-hydrogen) atoms. The van der Waals surface area contributed by atoms with Crippen LogP contribution in [-0.4, -0.2) is 112 Å². The molecule has 0 aliphatic carbocycles. The molecule has 0 heterocycles. The van der Waals surface area contributed by atoms with Crippen molar-refractivity contribution in [3.63, 3.8) is 0 Å². The number of hydrogen-bond donors (Lipinski definition) is 0. The summed E-state index contributed by atoms with van der Waals surface area (Å²) in [6.45, 7) is 8.88. The van der Waals surface area contributed by atoms with E-state index in [0.29, 0.717) is 106 Å². The van der Waals surface area contributed by atoms with E-state index in [1.807, 2.05) is 6.07 Å². The monoisotopic (exact) mass is 565 g/mol. The van der Waals surface area contributed by atoms with E-state index >= 15 is 0 Å². The lowest BCUT2D eigenvalue weighted by Crippen LogP contribution is -2.15. The van der Waals surface area contributed by atoms with E-state index in [-0.39, 0.29) is 0 Å². The third kappa shape index (κ3) is 28.3. The van der Waals surface area contributed by atoms with Crippen LogP contribution >= 0.6 is 28.3 Å². The Labute approximate surface area is 195 Å². The van der Waals surface area contributed by atoms with Crippen molar-refractivity contribution in [1.29, 1.82) is 5.26 Å². The van der Waals surface area contributed by atoms with Crippen LogP contribution in [0.1, 0.15) is 6.42 Å². The van der Waals surface area contributed by atoms with Crippen LogP contribution in [0.2, 0.25) is 0 Å². The topological polar surface area (TPSA) is 97.6 Å². The highest BCUT2D eigenvalue weighted by Gasteiger charge is 1.95. The maximum Gasteiger partial charge on any atom is 0.0701 e. The summed E-state index contributed by atoms with van der Waals surface area (Å²) in [6, 6.07) is 2.02. The van der Waals surface area contributed by atoms with Gasteiger partial charge in [-0.25, -0.2) is 0 Å². The number of ether oxygens (including phenoxy) is 8. The molecule has 1 atom stereocenters. The van der Waals surface area contributed by atoms with Gasteiger partial charge >= 0.3 is 0 Å². The zero-order chi connectivity index (χ0) is 21.8. The van der Waals surface area contributed by atoms with Crippen LogP contribution in [0.25, 0.3) is 0 Å². The number of halogens is 1. The van der Waals surface area contributed by atoms with E-state index in [0.717, 1.165) is 19.0 Å². The Morgan fingerprint density at radius 3 is 1.00 bits per heavy atom. The van der Waals surface area contributed by atoms with Gasteiger partial charge in [-0.05, 0) is 6.16 Å². The summed E-state index contributed by atoms with van der Waals surface area (Å²) in [7, 11) is 0. The normalized spacial score (nSPS) is 11.5. The SMILES string of the molecule is N#CCCOCCOCCOCCOCCOCCOCCOCCOCCPI. The molecule has 11 heteroatoms. The first-order chi connectivity index (χ1) is 14.9. The fraction of sp³-hybridized carbons (Fsp3) is 0.947. The van der Waals surface area contributed by atoms with Crippen molar-refractivity contribution in [2.45, 2.75) is 6.42 Å². The standard InChI is InChI=1S/C19H37INO8P/c20-30-19-18-29-17-16-28-15-14-27-13-12-26-11-10-25-9-8-24-7-6-23-5-4-22-3-1-2-21/h30H,1,3-19H2. The molecule has 0 aliphatic heterocycles. The number of hydrogen-bond acceptors (Lipinski definition) is 9. The quantitative estimate of drug-likeness (QED) is 0.0887. The minimum Gasteiger partial charge on any atom is -0.379 e. The van der Waals surface area contributed by atoms with Crippen LogP contribution in [-0.2, 0) is 37.9 Å². The molecule has 9 nitrogen and oxygen atoms in total. The van der Waals surface area contributed by atoms with Gasteiger partial charge in [0, 0.05) is 0 Å². The minimum atomic E-state index is 0.410. The molecule has 0 fully saturated rings. The Morgan fingerprint density at radius 2 is 0.733 bits per heavy atom. The van der Waals surface area contributed by atoms with Crippen molar-refractivity contribution >= 4 is 28.3 Å².